The van der Waals surface area contributed by atoms with Gasteiger partial charge in [0.2, 0.25) is 0 Å². The fourth-order valence-electron chi connectivity index (χ4n) is 1.42. The van der Waals surface area contributed by atoms with Crippen LogP contribution in [0.25, 0.3) is 10.9 Å². The molecule has 1 aromatic carbocycles. The van der Waals surface area contributed by atoms with Crippen molar-refractivity contribution in [1.82, 2.24) is 4.98 Å². The lowest BCUT2D eigenvalue weighted by atomic mass is 10.1. The van der Waals surface area contributed by atoms with Crippen LogP contribution in [0.4, 0.5) is 8.78 Å². The van der Waals surface area contributed by atoms with Crippen LogP contribution < -0.4 is 5.73 Å². The molecule has 2 aromatic rings. The lowest BCUT2D eigenvalue weighted by Gasteiger charge is -2.10. The maximum Gasteiger partial charge on any atom is 0.257 e. The van der Waals surface area contributed by atoms with E-state index in [0.717, 1.165) is 10.9 Å². The summed E-state index contributed by atoms with van der Waals surface area (Å²) < 4.78 is 24.6. The van der Waals surface area contributed by atoms with Crippen molar-refractivity contribution in [2.45, 2.75) is 12.5 Å². The van der Waals surface area contributed by atoms with E-state index in [1.54, 1.807) is 24.4 Å². The van der Waals surface area contributed by atoms with Crippen LogP contribution in [0.3, 0.4) is 0 Å². The minimum Gasteiger partial charge on any atom is -0.361 e. The zero-order valence-corrected chi connectivity index (χ0v) is 7.37. The quantitative estimate of drug-likeness (QED) is 0.761. The van der Waals surface area contributed by atoms with Crippen molar-refractivity contribution >= 4 is 10.9 Å². The van der Waals surface area contributed by atoms with Gasteiger partial charge in [0.15, 0.2) is 0 Å². The number of alkyl halides is 2. The third kappa shape index (κ3) is 1.48. The number of nitrogens with one attached hydrogen (secondary N) is 1. The normalized spacial score (nSPS) is 13.7. The minimum absolute atomic E-state index is 0.454. The van der Waals surface area contributed by atoms with Crippen molar-refractivity contribution in [2.24, 2.45) is 5.73 Å². The van der Waals surface area contributed by atoms with Crippen molar-refractivity contribution in [3.05, 3.63) is 36.0 Å². The van der Waals surface area contributed by atoms with Crippen LogP contribution in [0.1, 0.15) is 11.6 Å². The Hall–Kier alpha value is -1.42. The summed E-state index contributed by atoms with van der Waals surface area (Å²) in [5, 5.41) is 0.996. The molecule has 0 radical (unpaired) electrons. The monoisotopic (exact) mass is 196 g/mol. The highest BCUT2D eigenvalue weighted by Gasteiger charge is 2.17. The number of aromatic amines is 1. The van der Waals surface area contributed by atoms with E-state index in [4.69, 9.17) is 5.73 Å². The fraction of sp³-hybridized carbons (Fsp3) is 0.200. The van der Waals surface area contributed by atoms with Crippen molar-refractivity contribution in [3.8, 4) is 0 Å². The van der Waals surface area contributed by atoms with Crippen LogP contribution >= 0.6 is 0 Å². The zero-order chi connectivity index (χ0) is 10.1. The fourth-order valence-corrected chi connectivity index (χ4v) is 1.42. The molecule has 1 heterocycles. The number of fused-ring (bicyclic) bond motifs is 1. The number of H-pyrrole nitrogens is 1. The number of hydrogen-bond acceptors (Lipinski definition) is 1. The van der Waals surface area contributed by atoms with E-state index < -0.39 is 12.5 Å². The Kier molecular flexibility index (Phi) is 2.21. The molecule has 2 rings (SSSR count). The van der Waals surface area contributed by atoms with Crippen molar-refractivity contribution in [2.75, 3.05) is 0 Å². The van der Waals surface area contributed by atoms with Gasteiger partial charge in [-0.1, -0.05) is 12.1 Å². The molecular formula is C10H10F2N2. The molecule has 1 aromatic heterocycles. The standard InChI is InChI=1S/C10H10F2N2/c11-10(12)9(13)7-2-1-6-3-4-14-8(6)5-7/h1-5,9-10,14H,13H2. The average Bonchev–Trinajstić information content (AvgIpc) is 2.62. The predicted octanol–water partition coefficient (Wildman–Crippen LogP) is 2.43. The van der Waals surface area contributed by atoms with Crippen molar-refractivity contribution in [1.29, 1.82) is 0 Å². The third-order valence-electron chi connectivity index (χ3n) is 2.24. The van der Waals surface area contributed by atoms with Gasteiger partial charge in [-0.05, 0) is 23.1 Å². The molecule has 4 heteroatoms. The van der Waals surface area contributed by atoms with E-state index in [2.05, 4.69) is 4.98 Å². The first-order valence-electron chi connectivity index (χ1n) is 4.29. The number of nitrogens with two attached hydrogens (primary N) is 1. The molecule has 0 saturated carbocycles. The largest absolute Gasteiger partial charge is 0.361 e. The molecular weight excluding hydrogens is 186 g/mol. The van der Waals surface area contributed by atoms with Gasteiger partial charge < -0.3 is 10.7 Å². The maximum absolute atomic E-state index is 12.3. The summed E-state index contributed by atoms with van der Waals surface area (Å²) in [6.45, 7) is 0. The van der Waals surface area contributed by atoms with Crippen LogP contribution in [-0.4, -0.2) is 11.4 Å². The molecule has 0 aliphatic carbocycles. The molecule has 2 nitrogen and oxygen atoms in total. The molecule has 74 valence electrons. The lowest BCUT2D eigenvalue weighted by molar-refractivity contribution is 0.116. The summed E-state index contributed by atoms with van der Waals surface area (Å²) in [5.41, 5.74) is 6.62. The predicted molar refractivity (Wildman–Crippen MR) is 51.2 cm³/mol. The Bertz CT molecular complexity index is 436. The van der Waals surface area contributed by atoms with Crippen LogP contribution in [0, 0.1) is 0 Å². The third-order valence-corrected chi connectivity index (χ3v) is 2.24. The lowest BCUT2D eigenvalue weighted by Crippen LogP contribution is -2.18. The molecule has 0 spiro atoms. The van der Waals surface area contributed by atoms with E-state index in [-0.39, 0.29) is 0 Å². The van der Waals surface area contributed by atoms with E-state index in [9.17, 15) is 8.78 Å². The summed E-state index contributed by atoms with van der Waals surface area (Å²) in [5.74, 6) is 0. The highest BCUT2D eigenvalue weighted by molar-refractivity contribution is 5.79. The minimum atomic E-state index is -2.53. The summed E-state index contributed by atoms with van der Waals surface area (Å²) in [4.78, 5) is 2.95. The Morgan fingerprint density at radius 1 is 1.21 bits per heavy atom. The highest BCUT2D eigenvalue weighted by atomic mass is 19.3. The summed E-state index contributed by atoms with van der Waals surface area (Å²) in [6.07, 6.45) is -0.759. The van der Waals surface area contributed by atoms with E-state index in [1.165, 1.54) is 0 Å². The Morgan fingerprint density at radius 3 is 2.71 bits per heavy atom. The molecule has 0 bridgehead atoms. The van der Waals surface area contributed by atoms with Gasteiger partial charge in [0.25, 0.3) is 6.43 Å². The highest BCUT2D eigenvalue weighted by Crippen LogP contribution is 2.21. The second kappa shape index (κ2) is 3.38. The van der Waals surface area contributed by atoms with E-state index in [1.807, 2.05) is 6.07 Å². The number of rotatable bonds is 2. The Morgan fingerprint density at radius 2 is 2.00 bits per heavy atom. The molecule has 0 fully saturated rings. The first-order valence-corrected chi connectivity index (χ1v) is 4.29. The summed E-state index contributed by atoms with van der Waals surface area (Å²) in [6, 6.07) is 5.75. The maximum atomic E-state index is 12.3. The van der Waals surface area contributed by atoms with Crippen LogP contribution in [-0.2, 0) is 0 Å². The summed E-state index contributed by atoms with van der Waals surface area (Å²) >= 11 is 0. The molecule has 0 aliphatic heterocycles. The van der Waals surface area contributed by atoms with Crippen LogP contribution in [0.15, 0.2) is 30.5 Å². The van der Waals surface area contributed by atoms with Crippen LogP contribution in [0.5, 0.6) is 0 Å². The molecule has 1 unspecified atom stereocenters. The second-order valence-electron chi connectivity index (χ2n) is 3.18. The molecule has 14 heavy (non-hydrogen) atoms. The van der Waals surface area contributed by atoms with Gasteiger partial charge >= 0.3 is 0 Å². The van der Waals surface area contributed by atoms with Crippen molar-refractivity contribution < 1.29 is 8.78 Å². The number of hydrogen-bond donors (Lipinski definition) is 2. The number of aromatic nitrogens is 1. The molecule has 0 aliphatic rings. The zero-order valence-electron chi connectivity index (χ0n) is 7.37. The molecule has 0 saturated heterocycles. The van der Waals surface area contributed by atoms with Gasteiger partial charge in [-0.15, -0.1) is 0 Å². The van der Waals surface area contributed by atoms with Crippen molar-refractivity contribution in [3.63, 3.8) is 0 Å². The van der Waals surface area contributed by atoms with Gasteiger partial charge in [-0.25, -0.2) is 8.78 Å². The molecule has 1 atom stereocenters. The van der Waals surface area contributed by atoms with E-state index in [0.29, 0.717) is 5.56 Å². The second-order valence-corrected chi connectivity index (χ2v) is 3.18. The van der Waals surface area contributed by atoms with Gasteiger partial charge in [0, 0.05) is 11.7 Å². The average molecular weight is 196 g/mol. The molecule has 0 amide bonds. The SMILES string of the molecule is NC(c1ccc2cc[nH]c2c1)C(F)F. The van der Waals surface area contributed by atoms with Crippen LogP contribution in [0.2, 0.25) is 0 Å². The number of benzene rings is 1. The Balaban J connectivity index is 2.43. The van der Waals surface area contributed by atoms with Gasteiger partial charge in [0.1, 0.15) is 0 Å². The number of halogens is 2. The summed E-state index contributed by atoms with van der Waals surface area (Å²) in [7, 11) is 0. The smallest absolute Gasteiger partial charge is 0.257 e. The Labute approximate surface area is 79.7 Å². The molecule has 3 N–H and O–H groups in total. The van der Waals surface area contributed by atoms with Gasteiger partial charge in [-0.2, -0.15) is 0 Å². The first kappa shape index (κ1) is 9.15. The van der Waals surface area contributed by atoms with E-state index >= 15 is 0 Å². The first-order chi connectivity index (χ1) is 6.68. The van der Waals surface area contributed by atoms with Gasteiger partial charge in [-0.3, -0.25) is 0 Å². The van der Waals surface area contributed by atoms with Gasteiger partial charge in [0.05, 0.1) is 6.04 Å². The topological polar surface area (TPSA) is 41.8 Å².